The Bertz CT molecular complexity index is 1020. The predicted octanol–water partition coefficient (Wildman–Crippen LogP) is 3.21. The molecule has 8 nitrogen and oxygen atoms in total. The van der Waals surface area contributed by atoms with Crippen molar-refractivity contribution in [2.24, 2.45) is 0 Å². The van der Waals surface area contributed by atoms with Gasteiger partial charge in [-0.15, -0.1) is 0 Å². The molecule has 1 aliphatic heterocycles. The highest BCUT2D eigenvalue weighted by molar-refractivity contribution is 5.93. The minimum absolute atomic E-state index is 0.274. The second-order valence-corrected chi connectivity index (χ2v) is 8.18. The zero-order valence-electron chi connectivity index (χ0n) is 17.1. The number of hydrogen-bond donors (Lipinski definition) is 2. The Hall–Kier alpha value is -2.87. The molecule has 1 amide bonds. The van der Waals surface area contributed by atoms with Gasteiger partial charge in [-0.2, -0.15) is 0 Å². The molecule has 29 heavy (non-hydrogen) atoms. The van der Waals surface area contributed by atoms with E-state index in [2.05, 4.69) is 5.32 Å². The highest BCUT2D eigenvalue weighted by atomic mass is 16.6. The van der Waals surface area contributed by atoms with Gasteiger partial charge in [0, 0.05) is 23.7 Å². The largest absolute Gasteiger partial charge is 0.477 e. The van der Waals surface area contributed by atoms with E-state index in [0.717, 1.165) is 16.6 Å². The minimum Gasteiger partial charge on any atom is -0.477 e. The Labute approximate surface area is 168 Å². The first kappa shape index (κ1) is 20.9. The van der Waals surface area contributed by atoms with Crippen molar-refractivity contribution in [1.82, 2.24) is 9.88 Å². The van der Waals surface area contributed by atoms with Gasteiger partial charge in [0.25, 0.3) is 0 Å². The van der Waals surface area contributed by atoms with Crippen molar-refractivity contribution in [2.75, 3.05) is 6.54 Å². The molecular weight excluding hydrogens is 376 g/mol. The first-order valence-electron chi connectivity index (χ1n) is 9.59. The van der Waals surface area contributed by atoms with Crippen LogP contribution in [0, 0.1) is 0 Å². The lowest BCUT2D eigenvalue weighted by Crippen LogP contribution is -2.33. The van der Waals surface area contributed by atoms with E-state index >= 15 is 0 Å². The molecule has 0 radical (unpaired) electrons. The van der Waals surface area contributed by atoms with Crippen LogP contribution in [0.25, 0.3) is 10.9 Å². The van der Waals surface area contributed by atoms with Crippen LogP contribution in [0.3, 0.4) is 0 Å². The number of rotatable bonds is 5. The molecule has 1 aromatic carbocycles. The van der Waals surface area contributed by atoms with Gasteiger partial charge in [0.05, 0.1) is 12.1 Å². The van der Waals surface area contributed by atoms with E-state index in [1.54, 1.807) is 31.4 Å². The molecule has 2 aromatic rings. The lowest BCUT2D eigenvalue weighted by Gasteiger charge is -2.27. The number of carboxylic acids is 1. The molecule has 1 aliphatic rings. The quantitative estimate of drug-likeness (QED) is 0.744. The maximum atomic E-state index is 12.7. The summed E-state index contributed by atoms with van der Waals surface area (Å²) in [5, 5.41) is 12.5. The fourth-order valence-corrected chi connectivity index (χ4v) is 3.43. The topological polar surface area (TPSA) is 107 Å². The van der Waals surface area contributed by atoms with E-state index in [4.69, 9.17) is 9.47 Å². The number of benzene rings is 1. The zero-order chi connectivity index (χ0) is 21.3. The average Bonchev–Trinajstić information content (AvgIpc) is 2.61. The molecule has 1 aromatic heterocycles. The van der Waals surface area contributed by atoms with Crippen LogP contribution in [0.2, 0.25) is 0 Å². The summed E-state index contributed by atoms with van der Waals surface area (Å²) < 4.78 is 12.6. The Morgan fingerprint density at radius 3 is 2.72 bits per heavy atom. The third kappa shape index (κ3) is 4.59. The van der Waals surface area contributed by atoms with Crippen molar-refractivity contribution in [2.45, 2.75) is 59.0 Å². The number of aromatic nitrogens is 1. The molecule has 1 atom stereocenters. The first-order chi connectivity index (χ1) is 13.6. The molecule has 156 valence electrons. The Balaban J connectivity index is 1.82. The second-order valence-electron chi connectivity index (χ2n) is 8.18. The summed E-state index contributed by atoms with van der Waals surface area (Å²) in [4.78, 5) is 35.9. The van der Waals surface area contributed by atoms with E-state index in [9.17, 15) is 19.5 Å². The van der Waals surface area contributed by atoms with Gasteiger partial charge in [-0.05, 0) is 52.2 Å². The molecule has 0 saturated heterocycles. The third-order valence-electron chi connectivity index (χ3n) is 4.68. The smallest absolute Gasteiger partial charge is 0.407 e. The Morgan fingerprint density at radius 1 is 1.34 bits per heavy atom. The maximum absolute atomic E-state index is 12.7. The molecule has 1 unspecified atom stereocenters. The van der Waals surface area contributed by atoms with Crippen molar-refractivity contribution in [1.29, 1.82) is 0 Å². The second kappa shape index (κ2) is 7.87. The van der Waals surface area contributed by atoms with Crippen LogP contribution in [0.1, 0.15) is 61.8 Å². The van der Waals surface area contributed by atoms with Crippen LogP contribution in [0.4, 0.5) is 4.79 Å². The Morgan fingerprint density at radius 2 is 2.07 bits per heavy atom. The summed E-state index contributed by atoms with van der Waals surface area (Å²) in [6.07, 6.45) is 1.79. The summed E-state index contributed by atoms with van der Waals surface area (Å²) in [5.74, 6) is -1.26. The van der Waals surface area contributed by atoms with E-state index in [1.165, 1.54) is 6.20 Å². The van der Waals surface area contributed by atoms with Crippen LogP contribution in [0.15, 0.2) is 23.1 Å². The highest BCUT2D eigenvalue weighted by Crippen LogP contribution is 2.29. The van der Waals surface area contributed by atoms with E-state index in [1.807, 2.05) is 13.0 Å². The van der Waals surface area contributed by atoms with Gasteiger partial charge >= 0.3 is 12.1 Å². The number of amides is 1. The number of hydrogen-bond acceptors (Lipinski definition) is 5. The zero-order valence-corrected chi connectivity index (χ0v) is 17.1. The Kier molecular flexibility index (Phi) is 5.66. The van der Waals surface area contributed by atoms with Gasteiger partial charge in [-0.3, -0.25) is 4.79 Å². The molecule has 2 heterocycles. The summed E-state index contributed by atoms with van der Waals surface area (Å²) in [6, 6.07) is 3.72. The molecule has 0 bridgehead atoms. The molecule has 8 heteroatoms. The fraction of sp³-hybridized carbons (Fsp3) is 0.476. The maximum Gasteiger partial charge on any atom is 0.407 e. The molecule has 0 saturated carbocycles. The van der Waals surface area contributed by atoms with Crippen LogP contribution in [-0.4, -0.2) is 33.9 Å². The normalized spacial score (nSPS) is 15.9. The van der Waals surface area contributed by atoms with Crippen molar-refractivity contribution in [3.05, 3.63) is 45.2 Å². The van der Waals surface area contributed by atoms with Gasteiger partial charge < -0.3 is 24.5 Å². The van der Waals surface area contributed by atoms with Crippen molar-refractivity contribution >= 4 is 23.0 Å². The number of aryl methyl sites for hydroxylation is 1. The number of pyridine rings is 1. The number of carbonyl (C=O) groups excluding carboxylic acids is 1. The first-order valence-corrected chi connectivity index (χ1v) is 9.59. The van der Waals surface area contributed by atoms with Crippen molar-refractivity contribution in [3.8, 4) is 0 Å². The molecule has 0 aliphatic carbocycles. The predicted molar refractivity (Wildman–Crippen MR) is 107 cm³/mol. The standard InChI is InChI=1S/C21H26N2O6/c1-12-23-10-16(19(25)26)18(24)15-9-13(8-14(11-28-12)17(15)23)6-5-7-22-20(27)29-21(2,3)4/h8-10,12H,5-7,11H2,1-4H3,(H,22,27)(H,25,26). The van der Waals surface area contributed by atoms with E-state index in [0.29, 0.717) is 31.4 Å². The molecule has 3 rings (SSSR count). The number of nitrogens with one attached hydrogen (secondary N) is 1. The summed E-state index contributed by atoms with van der Waals surface area (Å²) in [5.41, 5.74) is 1.14. The number of ether oxygens (including phenoxy) is 2. The monoisotopic (exact) mass is 402 g/mol. The van der Waals surface area contributed by atoms with Crippen LogP contribution in [-0.2, 0) is 22.5 Å². The summed E-state index contributed by atoms with van der Waals surface area (Å²) in [6.45, 7) is 7.99. The number of alkyl carbamates (subject to hydrolysis) is 1. The lowest BCUT2D eigenvalue weighted by atomic mass is 9.99. The molecular formula is C21H26N2O6. The van der Waals surface area contributed by atoms with E-state index in [-0.39, 0.29) is 11.8 Å². The fourth-order valence-electron chi connectivity index (χ4n) is 3.43. The van der Waals surface area contributed by atoms with Crippen LogP contribution in [0.5, 0.6) is 0 Å². The minimum atomic E-state index is -1.26. The number of carbonyl (C=O) groups is 2. The van der Waals surface area contributed by atoms with Gasteiger partial charge in [-0.25, -0.2) is 9.59 Å². The van der Waals surface area contributed by atoms with Gasteiger partial charge in [-0.1, -0.05) is 6.07 Å². The van der Waals surface area contributed by atoms with Crippen LogP contribution >= 0.6 is 0 Å². The summed E-state index contributed by atoms with van der Waals surface area (Å²) in [7, 11) is 0. The number of carboxylic acid groups (broad SMARTS) is 1. The highest BCUT2D eigenvalue weighted by Gasteiger charge is 2.23. The van der Waals surface area contributed by atoms with Gasteiger partial charge in [0.2, 0.25) is 5.43 Å². The molecule has 2 N–H and O–H groups in total. The molecule has 0 spiro atoms. The van der Waals surface area contributed by atoms with Gasteiger partial charge in [0.15, 0.2) is 0 Å². The lowest BCUT2D eigenvalue weighted by molar-refractivity contribution is -0.00193. The third-order valence-corrected chi connectivity index (χ3v) is 4.68. The van der Waals surface area contributed by atoms with E-state index < -0.39 is 23.1 Å². The summed E-state index contributed by atoms with van der Waals surface area (Å²) >= 11 is 0. The number of aromatic carboxylic acids is 1. The average molecular weight is 402 g/mol. The van der Waals surface area contributed by atoms with Crippen molar-refractivity contribution in [3.63, 3.8) is 0 Å². The van der Waals surface area contributed by atoms with Crippen molar-refractivity contribution < 1.29 is 24.2 Å². The molecule has 0 fully saturated rings. The SMILES string of the molecule is CC1OCc2cc(CCCNC(=O)OC(C)(C)C)cc3c(=O)c(C(=O)O)cn1c23. The number of nitrogens with zero attached hydrogens (tertiary/aromatic N) is 1. The van der Waals surface area contributed by atoms with Crippen LogP contribution < -0.4 is 10.7 Å². The van der Waals surface area contributed by atoms with Gasteiger partial charge in [0.1, 0.15) is 17.4 Å².